The van der Waals surface area contributed by atoms with Gasteiger partial charge >= 0.3 is 5.97 Å². The van der Waals surface area contributed by atoms with Crippen molar-refractivity contribution in [3.8, 4) is 11.5 Å². The highest BCUT2D eigenvalue weighted by atomic mass is 16.5. The third kappa shape index (κ3) is 4.79. The van der Waals surface area contributed by atoms with E-state index in [4.69, 9.17) is 9.47 Å². The summed E-state index contributed by atoms with van der Waals surface area (Å²) in [5.41, 5.74) is 1.10. The van der Waals surface area contributed by atoms with Crippen LogP contribution in [0.4, 0.5) is 0 Å². The Hall–Kier alpha value is -1.75. The van der Waals surface area contributed by atoms with Crippen molar-refractivity contribution in [2.75, 3.05) is 34.9 Å². The summed E-state index contributed by atoms with van der Waals surface area (Å²) in [6.07, 6.45) is 0.389. The van der Waals surface area contributed by atoms with Crippen molar-refractivity contribution in [1.29, 1.82) is 0 Å². The fraction of sp³-hybridized carbons (Fsp3) is 0.500. The van der Waals surface area contributed by atoms with E-state index in [-0.39, 0.29) is 5.97 Å². The van der Waals surface area contributed by atoms with Crippen LogP contribution in [0.2, 0.25) is 0 Å². The number of methoxy groups -OCH3 is 3. The first kappa shape index (κ1) is 15.3. The lowest BCUT2D eigenvalue weighted by molar-refractivity contribution is -0.140. The summed E-state index contributed by atoms with van der Waals surface area (Å²) in [5.74, 6) is 1.23. The number of benzene rings is 1. The Bertz CT molecular complexity index is 420. The summed E-state index contributed by atoms with van der Waals surface area (Å²) in [6.45, 7) is 1.39. The minimum absolute atomic E-state index is 0.195. The molecule has 19 heavy (non-hydrogen) atoms. The molecule has 0 atom stereocenters. The van der Waals surface area contributed by atoms with E-state index in [0.717, 1.165) is 12.1 Å². The van der Waals surface area contributed by atoms with Gasteiger partial charge in [-0.3, -0.25) is 4.79 Å². The van der Waals surface area contributed by atoms with Crippen molar-refractivity contribution in [1.82, 2.24) is 4.90 Å². The van der Waals surface area contributed by atoms with E-state index in [9.17, 15) is 4.79 Å². The summed E-state index contributed by atoms with van der Waals surface area (Å²) in [7, 11) is 6.58. The van der Waals surface area contributed by atoms with E-state index in [1.807, 2.05) is 25.2 Å². The average Bonchev–Trinajstić information content (AvgIpc) is 2.44. The highest BCUT2D eigenvalue weighted by Crippen LogP contribution is 2.27. The van der Waals surface area contributed by atoms with E-state index in [1.54, 1.807) is 14.2 Å². The lowest BCUT2D eigenvalue weighted by atomic mass is 10.2. The van der Waals surface area contributed by atoms with E-state index in [1.165, 1.54) is 7.11 Å². The zero-order chi connectivity index (χ0) is 14.3. The molecule has 0 aliphatic carbocycles. The molecule has 0 aromatic heterocycles. The molecule has 0 bridgehead atoms. The molecule has 0 saturated heterocycles. The topological polar surface area (TPSA) is 48.0 Å². The molecule has 1 rings (SSSR count). The van der Waals surface area contributed by atoms with Crippen molar-refractivity contribution in [3.05, 3.63) is 23.8 Å². The highest BCUT2D eigenvalue weighted by molar-refractivity contribution is 5.69. The van der Waals surface area contributed by atoms with Gasteiger partial charge in [0.1, 0.15) is 0 Å². The van der Waals surface area contributed by atoms with E-state index in [0.29, 0.717) is 24.5 Å². The van der Waals surface area contributed by atoms with Crippen molar-refractivity contribution in [3.63, 3.8) is 0 Å². The molecule has 5 nitrogen and oxygen atoms in total. The van der Waals surface area contributed by atoms with Crippen LogP contribution in [0.1, 0.15) is 12.0 Å². The smallest absolute Gasteiger partial charge is 0.306 e. The predicted octanol–water partition coefficient (Wildman–Crippen LogP) is 1.70. The number of carbonyl (C=O) groups is 1. The molecule has 0 N–H and O–H groups in total. The molecule has 0 spiro atoms. The van der Waals surface area contributed by atoms with Crippen LogP contribution in [0.25, 0.3) is 0 Å². The SMILES string of the molecule is COC(=O)CCN(C)Cc1ccc(OC)c(OC)c1. The first-order chi connectivity index (χ1) is 9.10. The molecule has 0 heterocycles. The molecular weight excluding hydrogens is 246 g/mol. The quantitative estimate of drug-likeness (QED) is 0.704. The van der Waals surface area contributed by atoms with Crippen molar-refractivity contribution >= 4 is 5.97 Å². The van der Waals surface area contributed by atoms with Gasteiger partial charge < -0.3 is 19.1 Å². The fourth-order valence-electron chi connectivity index (χ4n) is 1.75. The lowest BCUT2D eigenvalue weighted by Gasteiger charge is -2.17. The van der Waals surface area contributed by atoms with Crippen LogP contribution in [0.15, 0.2) is 18.2 Å². The van der Waals surface area contributed by atoms with Gasteiger partial charge in [-0.1, -0.05) is 6.07 Å². The second-order valence-electron chi connectivity index (χ2n) is 4.25. The Morgan fingerprint density at radius 3 is 2.42 bits per heavy atom. The van der Waals surface area contributed by atoms with Crippen LogP contribution in [0, 0.1) is 0 Å². The Morgan fingerprint density at radius 2 is 1.84 bits per heavy atom. The van der Waals surface area contributed by atoms with Crippen molar-refractivity contribution in [2.45, 2.75) is 13.0 Å². The zero-order valence-electron chi connectivity index (χ0n) is 11.9. The van der Waals surface area contributed by atoms with E-state index < -0.39 is 0 Å². The summed E-state index contributed by atoms with van der Waals surface area (Å²) in [6, 6.07) is 5.80. The normalized spacial score (nSPS) is 10.4. The van der Waals surface area contributed by atoms with Crippen LogP contribution in [-0.2, 0) is 16.1 Å². The monoisotopic (exact) mass is 267 g/mol. The zero-order valence-corrected chi connectivity index (χ0v) is 11.9. The van der Waals surface area contributed by atoms with Gasteiger partial charge in [-0.25, -0.2) is 0 Å². The molecule has 0 aliphatic heterocycles. The van der Waals surface area contributed by atoms with Crippen LogP contribution >= 0.6 is 0 Å². The number of hydrogen-bond acceptors (Lipinski definition) is 5. The Labute approximate surface area is 114 Å². The first-order valence-electron chi connectivity index (χ1n) is 6.07. The van der Waals surface area contributed by atoms with Gasteiger partial charge in [0.2, 0.25) is 0 Å². The second kappa shape index (κ2) is 7.63. The predicted molar refractivity (Wildman–Crippen MR) is 72.5 cm³/mol. The fourth-order valence-corrected chi connectivity index (χ4v) is 1.75. The molecule has 5 heteroatoms. The van der Waals surface area contributed by atoms with Crippen LogP contribution in [0.5, 0.6) is 11.5 Å². The maximum Gasteiger partial charge on any atom is 0.306 e. The van der Waals surface area contributed by atoms with Gasteiger partial charge in [0.15, 0.2) is 11.5 Å². The summed E-state index contributed by atoms with van der Waals surface area (Å²) >= 11 is 0. The minimum atomic E-state index is -0.195. The molecule has 0 unspecified atom stereocenters. The van der Waals surface area contributed by atoms with Gasteiger partial charge in [0.05, 0.1) is 27.8 Å². The molecule has 0 aliphatic rings. The van der Waals surface area contributed by atoms with Gasteiger partial charge in [-0.15, -0.1) is 0 Å². The molecule has 0 fully saturated rings. The first-order valence-corrected chi connectivity index (χ1v) is 6.07. The number of hydrogen-bond donors (Lipinski definition) is 0. The summed E-state index contributed by atoms with van der Waals surface area (Å²) < 4.78 is 15.1. The maximum absolute atomic E-state index is 11.1. The largest absolute Gasteiger partial charge is 0.493 e. The van der Waals surface area contributed by atoms with Crippen LogP contribution in [0.3, 0.4) is 0 Å². The van der Waals surface area contributed by atoms with Gasteiger partial charge in [0, 0.05) is 13.1 Å². The van der Waals surface area contributed by atoms with Gasteiger partial charge in [-0.2, -0.15) is 0 Å². The molecule has 1 aromatic carbocycles. The summed E-state index contributed by atoms with van der Waals surface area (Å²) in [4.78, 5) is 13.1. The number of carbonyl (C=O) groups excluding carboxylic acids is 1. The Morgan fingerprint density at radius 1 is 1.16 bits per heavy atom. The third-order valence-electron chi connectivity index (χ3n) is 2.83. The van der Waals surface area contributed by atoms with Gasteiger partial charge in [0.25, 0.3) is 0 Å². The number of ether oxygens (including phenoxy) is 3. The van der Waals surface area contributed by atoms with Crippen molar-refractivity contribution in [2.24, 2.45) is 0 Å². The average molecular weight is 267 g/mol. The lowest BCUT2D eigenvalue weighted by Crippen LogP contribution is -2.21. The second-order valence-corrected chi connectivity index (χ2v) is 4.25. The molecule has 0 saturated carbocycles. The molecule has 1 aromatic rings. The van der Waals surface area contributed by atoms with Crippen LogP contribution < -0.4 is 9.47 Å². The number of nitrogens with zero attached hydrogens (tertiary/aromatic N) is 1. The Balaban J connectivity index is 2.59. The van der Waals surface area contributed by atoms with Gasteiger partial charge in [-0.05, 0) is 24.7 Å². The van der Waals surface area contributed by atoms with Crippen molar-refractivity contribution < 1.29 is 19.0 Å². The maximum atomic E-state index is 11.1. The van der Waals surface area contributed by atoms with E-state index >= 15 is 0 Å². The standard InChI is InChI=1S/C14H21NO4/c1-15(8-7-14(16)19-4)10-11-5-6-12(17-2)13(9-11)18-3/h5-6,9H,7-8,10H2,1-4H3. The van der Waals surface area contributed by atoms with Crippen LogP contribution in [-0.4, -0.2) is 45.8 Å². The Kier molecular flexibility index (Phi) is 6.15. The number of rotatable bonds is 7. The molecule has 0 amide bonds. The summed E-state index contributed by atoms with van der Waals surface area (Å²) in [5, 5.41) is 0. The number of esters is 1. The third-order valence-corrected chi connectivity index (χ3v) is 2.83. The highest BCUT2D eigenvalue weighted by Gasteiger charge is 2.08. The molecule has 0 radical (unpaired) electrons. The van der Waals surface area contributed by atoms with E-state index in [2.05, 4.69) is 9.64 Å². The molecular formula is C14H21NO4. The molecule has 106 valence electrons. The minimum Gasteiger partial charge on any atom is -0.493 e.